The number of carboxylic acids is 1. The van der Waals surface area contributed by atoms with Crippen LogP contribution in [0.4, 0.5) is 0 Å². The van der Waals surface area contributed by atoms with Gasteiger partial charge in [-0.25, -0.2) is 14.5 Å². The molecule has 0 saturated heterocycles. The van der Waals surface area contributed by atoms with E-state index in [-0.39, 0.29) is 10.7 Å². The van der Waals surface area contributed by atoms with Crippen molar-refractivity contribution < 1.29 is 14.6 Å². The minimum absolute atomic E-state index is 0.0275. The lowest BCUT2D eigenvalue weighted by Crippen LogP contribution is -2.18. The Morgan fingerprint density at radius 2 is 2.21 bits per heavy atom. The lowest BCUT2D eigenvalue weighted by Gasteiger charge is -2.20. The zero-order chi connectivity index (χ0) is 16.7. The lowest BCUT2D eigenvalue weighted by molar-refractivity contribution is 0.0696. The first kappa shape index (κ1) is 15.4. The third-order valence-electron chi connectivity index (χ3n) is 5.19. The van der Waals surface area contributed by atoms with E-state index in [2.05, 4.69) is 10.1 Å². The van der Waals surface area contributed by atoms with Gasteiger partial charge in [-0.2, -0.15) is 0 Å². The normalized spacial score (nSPS) is 25.1. The number of hydrogen-bond donors (Lipinski definition) is 1. The van der Waals surface area contributed by atoms with Crippen molar-refractivity contribution in [1.82, 2.24) is 14.8 Å². The molecule has 24 heavy (non-hydrogen) atoms. The van der Waals surface area contributed by atoms with E-state index in [0.29, 0.717) is 24.2 Å². The van der Waals surface area contributed by atoms with Crippen LogP contribution in [0, 0.1) is 17.8 Å². The van der Waals surface area contributed by atoms with E-state index < -0.39 is 5.97 Å². The van der Waals surface area contributed by atoms with Gasteiger partial charge in [0.1, 0.15) is 5.15 Å². The van der Waals surface area contributed by atoms with Crippen LogP contribution in [0.15, 0.2) is 24.4 Å². The summed E-state index contributed by atoms with van der Waals surface area (Å²) in [6.45, 7) is 0.713. The van der Waals surface area contributed by atoms with Gasteiger partial charge in [-0.1, -0.05) is 18.0 Å². The first-order valence-corrected chi connectivity index (χ1v) is 8.56. The number of fused-ring (bicyclic) bond motifs is 2. The highest BCUT2D eigenvalue weighted by atomic mass is 35.5. The summed E-state index contributed by atoms with van der Waals surface area (Å²) in [5.41, 5.74) is -0.0275. The molecule has 2 aliphatic rings. The maximum atomic E-state index is 11.0. The molecule has 0 amide bonds. The molecule has 4 rings (SSSR count). The second-order valence-electron chi connectivity index (χ2n) is 6.66. The van der Waals surface area contributed by atoms with Gasteiger partial charge in [0.05, 0.1) is 12.2 Å². The zero-order valence-corrected chi connectivity index (χ0v) is 13.8. The standard InChI is InChI=1S/C17H18ClN3O3/c18-16-13(17(22)23)3-4-14(19-16)21-6-5-15(20-21)24-9-12-8-10-1-2-11(12)7-10/h3-6,10-12H,1-2,7-9H2,(H,22,23)/t10-,11-,12?/m0/s1. The average molecular weight is 348 g/mol. The molecule has 2 aromatic heterocycles. The molecule has 2 saturated carbocycles. The summed E-state index contributed by atoms with van der Waals surface area (Å²) in [5, 5.41) is 13.3. The van der Waals surface area contributed by atoms with Crippen LogP contribution in [0.2, 0.25) is 5.15 Å². The van der Waals surface area contributed by atoms with Crippen molar-refractivity contribution in [2.45, 2.75) is 25.7 Å². The van der Waals surface area contributed by atoms with Crippen LogP contribution in [-0.4, -0.2) is 32.4 Å². The molecule has 2 heterocycles. The van der Waals surface area contributed by atoms with Gasteiger partial charge >= 0.3 is 5.97 Å². The number of aromatic carboxylic acids is 1. The van der Waals surface area contributed by atoms with Gasteiger partial charge in [0.2, 0.25) is 5.88 Å². The molecule has 6 nitrogen and oxygen atoms in total. The molecule has 2 fully saturated rings. The molecule has 2 bridgehead atoms. The molecule has 0 aliphatic heterocycles. The van der Waals surface area contributed by atoms with E-state index in [0.717, 1.165) is 11.8 Å². The molecule has 0 aromatic carbocycles. The molecule has 2 aliphatic carbocycles. The average Bonchev–Trinajstić information content (AvgIpc) is 3.29. The summed E-state index contributed by atoms with van der Waals surface area (Å²) < 4.78 is 7.39. The van der Waals surface area contributed by atoms with Crippen LogP contribution >= 0.6 is 11.6 Å². The SMILES string of the molecule is O=C(O)c1ccc(-n2ccc(OCC3C[C@H]4CC[C@H]3C4)n2)nc1Cl. The smallest absolute Gasteiger partial charge is 0.338 e. The maximum absolute atomic E-state index is 11.0. The van der Waals surface area contributed by atoms with E-state index in [4.69, 9.17) is 21.4 Å². The van der Waals surface area contributed by atoms with Gasteiger partial charge < -0.3 is 9.84 Å². The van der Waals surface area contributed by atoms with Crippen molar-refractivity contribution in [1.29, 1.82) is 0 Å². The van der Waals surface area contributed by atoms with E-state index in [1.54, 1.807) is 18.3 Å². The van der Waals surface area contributed by atoms with Crippen molar-refractivity contribution in [2.24, 2.45) is 17.8 Å². The second-order valence-corrected chi connectivity index (χ2v) is 7.02. The summed E-state index contributed by atoms with van der Waals surface area (Å²) in [4.78, 5) is 15.0. The van der Waals surface area contributed by atoms with Crippen molar-refractivity contribution >= 4 is 17.6 Å². The molecule has 0 spiro atoms. The van der Waals surface area contributed by atoms with Crippen LogP contribution in [0.3, 0.4) is 0 Å². The largest absolute Gasteiger partial charge is 0.478 e. The van der Waals surface area contributed by atoms with E-state index >= 15 is 0 Å². The number of carboxylic acid groups (broad SMARTS) is 1. The van der Waals surface area contributed by atoms with Crippen molar-refractivity contribution in [3.8, 4) is 11.7 Å². The Kier molecular flexibility index (Phi) is 3.92. The molecule has 2 aromatic rings. The Morgan fingerprint density at radius 3 is 2.88 bits per heavy atom. The predicted octanol–water partition coefficient (Wildman–Crippen LogP) is 3.43. The van der Waals surface area contributed by atoms with Gasteiger partial charge in [0.25, 0.3) is 0 Å². The third kappa shape index (κ3) is 2.86. The number of nitrogens with zero attached hydrogens (tertiary/aromatic N) is 3. The number of halogens is 1. The Morgan fingerprint density at radius 1 is 1.33 bits per heavy atom. The minimum Gasteiger partial charge on any atom is -0.478 e. The monoisotopic (exact) mass is 347 g/mol. The highest BCUT2D eigenvalue weighted by Crippen LogP contribution is 2.48. The van der Waals surface area contributed by atoms with Crippen LogP contribution in [0.25, 0.3) is 5.82 Å². The Bertz CT molecular complexity index is 776. The molecule has 7 heteroatoms. The number of pyridine rings is 1. The van der Waals surface area contributed by atoms with Crippen LogP contribution < -0.4 is 4.74 Å². The summed E-state index contributed by atoms with van der Waals surface area (Å²) in [7, 11) is 0. The zero-order valence-electron chi connectivity index (χ0n) is 13.1. The van der Waals surface area contributed by atoms with Crippen molar-refractivity contribution in [2.75, 3.05) is 6.61 Å². The highest BCUT2D eigenvalue weighted by molar-refractivity contribution is 6.32. The predicted molar refractivity (Wildman–Crippen MR) is 87.8 cm³/mol. The van der Waals surface area contributed by atoms with Gasteiger partial charge in [0.15, 0.2) is 5.82 Å². The topological polar surface area (TPSA) is 77.2 Å². The maximum Gasteiger partial charge on any atom is 0.338 e. The van der Waals surface area contributed by atoms with Gasteiger partial charge in [0, 0.05) is 12.3 Å². The summed E-state index contributed by atoms with van der Waals surface area (Å²) in [5.74, 6) is 2.28. The Balaban J connectivity index is 1.43. The lowest BCUT2D eigenvalue weighted by atomic mass is 9.90. The van der Waals surface area contributed by atoms with Gasteiger partial charge in [-0.3, -0.25) is 0 Å². The number of ether oxygens (including phenoxy) is 1. The minimum atomic E-state index is -1.10. The first-order valence-electron chi connectivity index (χ1n) is 8.19. The van der Waals surface area contributed by atoms with E-state index in [1.165, 1.54) is 36.4 Å². The summed E-state index contributed by atoms with van der Waals surface area (Å²) in [6, 6.07) is 4.78. The summed E-state index contributed by atoms with van der Waals surface area (Å²) >= 11 is 5.90. The van der Waals surface area contributed by atoms with Crippen LogP contribution in [0.1, 0.15) is 36.0 Å². The van der Waals surface area contributed by atoms with Crippen LogP contribution in [-0.2, 0) is 0 Å². The molecular weight excluding hydrogens is 330 g/mol. The summed E-state index contributed by atoms with van der Waals surface area (Å²) in [6.07, 6.45) is 7.09. The fraction of sp³-hybridized carbons (Fsp3) is 0.471. The third-order valence-corrected chi connectivity index (χ3v) is 5.48. The molecule has 1 unspecified atom stereocenters. The number of hydrogen-bond acceptors (Lipinski definition) is 4. The Hall–Kier alpha value is -2.08. The van der Waals surface area contributed by atoms with Crippen molar-refractivity contribution in [3.05, 3.63) is 35.1 Å². The number of carbonyl (C=O) groups is 1. The molecule has 1 N–H and O–H groups in total. The number of aromatic nitrogens is 3. The second kappa shape index (κ2) is 6.09. The van der Waals surface area contributed by atoms with Crippen molar-refractivity contribution in [3.63, 3.8) is 0 Å². The van der Waals surface area contributed by atoms with E-state index in [1.807, 2.05) is 0 Å². The number of rotatable bonds is 5. The fourth-order valence-corrected chi connectivity index (χ4v) is 4.23. The van der Waals surface area contributed by atoms with Gasteiger partial charge in [-0.05, 0) is 49.1 Å². The van der Waals surface area contributed by atoms with Gasteiger partial charge in [-0.15, -0.1) is 5.10 Å². The fourth-order valence-electron chi connectivity index (χ4n) is 4.00. The molecular formula is C17H18ClN3O3. The quantitative estimate of drug-likeness (QED) is 0.838. The first-order chi connectivity index (χ1) is 11.6. The van der Waals surface area contributed by atoms with E-state index in [9.17, 15) is 4.79 Å². The molecule has 126 valence electrons. The highest BCUT2D eigenvalue weighted by Gasteiger charge is 2.39. The molecule has 3 atom stereocenters. The molecule has 0 radical (unpaired) electrons. The Labute approximate surface area is 144 Å². The van der Waals surface area contributed by atoms with Crippen LogP contribution in [0.5, 0.6) is 5.88 Å².